The highest BCUT2D eigenvalue weighted by Gasteiger charge is 2.16. The van der Waals surface area contributed by atoms with Crippen molar-refractivity contribution in [2.24, 2.45) is 0 Å². The number of halogens is 2. The number of aromatic nitrogens is 2. The lowest BCUT2D eigenvalue weighted by molar-refractivity contribution is -0.385. The van der Waals surface area contributed by atoms with Crippen LogP contribution in [-0.2, 0) is 0 Å². The van der Waals surface area contributed by atoms with E-state index in [1.54, 1.807) is 0 Å². The zero-order valence-electron chi connectivity index (χ0n) is 7.88. The van der Waals surface area contributed by atoms with Gasteiger partial charge in [-0.1, -0.05) is 0 Å². The minimum Gasteiger partial charge on any atom is -0.385 e. The van der Waals surface area contributed by atoms with Crippen LogP contribution in [0.4, 0.5) is 20.4 Å². The van der Waals surface area contributed by atoms with Crippen LogP contribution >= 0.6 is 0 Å². The molecule has 0 amide bonds. The fraction of sp³-hybridized carbons (Fsp3) is 0.429. The molecular formula is C7H8F2N4O3. The second-order valence-electron chi connectivity index (χ2n) is 2.80. The van der Waals surface area contributed by atoms with E-state index in [9.17, 15) is 18.9 Å². The highest BCUT2D eigenvalue weighted by Crippen LogP contribution is 2.08. The van der Waals surface area contributed by atoms with Crippen LogP contribution in [0.5, 0.6) is 0 Å². The average Bonchev–Trinajstić information content (AvgIpc) is 2.26. The number of aliphatic hydroxyl groups is 1. The molecule has 0 saturated heterocycles. The summed E-state index contributed by atoms with van der Waals surface area (Å²) >= 11 is 0. The summed E-state index contributed by atoms with van der Waals surface area (Å²) in [5.74, 6) is -0.0645. The van der Waals surface area contributed by atoms with Crippen LogP contribution < -0.4 is 5.32 Å². The van der Waals surface area contributed by atoms with E-state index in [-0.39, 0.29) is 11.6 Å². The molecule has 0 spiro atoms. The summed E-state index contributed by atoms with van der Waals surface area (Å²) in [5, 5.41) is 21.3. The maximum absolute atomic E-state index is 11.9. The van der Waals surface area contributed by atoms with Gasteiger partial charge in [0.25, 0.3) is 6.43 Å². The molecule has 9 heteroatoms. The van der Waals surface area contributed by atoms with Crippen LogP contribution in [0.1, 0.15) is 0 Å². The Kier molecular flexibility index (Phi) is 4.00. The monoisotopic (exact) mass is 234 g/mol. The molecule has 1 atom stereocenters. The Balaban J connectivity index is 2.53. The van der Waals surface area contributed by atoms with Crippen molar-refractivity contribution in [1.29, 1.82) is 0 Å². The number of aliphatic hydroxyl groups excluding tert-OH is 1. The van der Waals surface area contributed by atoms with Gasteiger partial charge in [-0.15, -0.1) is 0 Å². The Morgan fingerprint density at radius 1 is 1.50 bits per heavy atom. The summed E-state index contributed by atoms with van der Waals surface area (Å²) in [4.78, 5) is 16.6. The molecule has 2 N–H and O–H groups in total. The third kappa shape index (κ3) is 3.35. The quantitative estimate of drug-likeness (QED) is 0.565. The summed E-state index contributed by atoms with van der Waals surface area (Å²) in [5.41, 5.74) is -0.306. The van der Waals surface area contributed by atoms with E-state index in [4.69, 9.17) is 5.11 Å². The topological polar surface area (TPSA) is 101 Å². The Morgan fingerprint density at radius 3 is 2.50 bits per heavy atom. The lowest BCUT2D eigenvalue weighted by Gasteiger charge is -2.09. The van der Waals surface area contributed by atoms with Crippen molar-refractivity contribution < 1.29 is 18.8 Å². The Bertz CT molecular complexity index is 359. The molecule has 7 nitrogen and oxygen atoms in total. The molecule has 1 unspecified atom stereocenters. The normalized spacial score (nSPS) is 12.5. The minimum absolute atomic E-state index is 0.0645. The van der Waals surface area contributed by atoms with Crippen LogP contribution in [0.25, 0.3) is 0 Å². The van der Waals surface area contributed by atoms with Gasteiger partial charge in [0.05, 0.1) is 4.92 Å². The van der Waals surface area contributed by atoms with E-state index >= 15 is 0 Å². The van der Waals surface area contributed by atoms with Gasteiger partial charge in [0.15, 0.2) is 0 Å². The predicted molar refractivity (Wildman–Crippen MR) is 49.2 cm³/mol. The molecule has 1 rings (SSSR count). The summed E-state index contributed by atoms with van der Waals surface area (Å²) in [6, 6.07) is 0. The van der Waals surface area contributed by atoms with Gasteiger partial charge in [0, 0.05) is 6.54 Å². The molecular weight excluding hydrogens is 226 g/mol. The summed E-state index contributed by atoms with van der Waals surface area (Å²) in [6.45, 7) is -0.435. The molecule has 0 fully saturated rings. The largest absolute Gasteiger partial charge is 0.385 e. The van der Waals surface area contributed by atoms with Gasteiger partial charge in [-0.2, -0.15) is 0 Å². The second-order valence-corrected chi connectivity index (χ2v) is 2.80. The van der Waals surface area contributed by atoms with E-state index in [0.29, 0.717) is 0 Å². The number of hydrogen-bond donors (Lipinski definition) is 2. The molecule has 0 saturated carbocycles. The second kappa shape index (κ2) is 5.26. The number of nitrogens with one attached hydrogen (secondary N) is 1. The van der Waals surface area contributed by atoms with Gasteiger partial charge in [0.2, 0.25) is 5.95 Å². The van der Waals surface area contributed by atoms with Gasteiger partial charge in [-0.05, 0) is 0 Å². The van der Waals surface area contributed by atoms with Crippen molar-refractivity contribution in [2.45, 2.75) is 12.5 Å². The SMILES string of the molecule is O=[N+]([O-])c1cnc(NCC(O)C(F)F)nc1. The number of nitro groups is 1. The van der Waals surface area contributed by atoms with Gasteiger partial charge < -0.3 is 10.4 Å². The molecule has 0 bridgehead atoms. The lowest BCUT2D eigenvalue weighted by Crippen LogP contribution is -2.27. The molecule has 0 aliphatic rings. The molecule has 1 aromatic heterocycles. The first-order valence-electron chi connectivity index (χ1n) is 4.17. The van der Waals surface area contributed by atoms with Crippen molar-refractivity contribution in [3.63, 3.8) is 0 Å². The summed E-state index contributed by atoms with van der Waals surface area (Å²) in [6.07, 6.45) is -2.84. The standard InChI is InChI=1S/C7H8F2N4O3/c8-6(9)5(14)3-12-7-10-1-4(2-11-7)13(15)16/h1-2,5-6,14H,3H2,(H,10,11,12). The fourth-order valence-corrected chi connectivity index (χ4v) is 0.792. The first kappa shape index (κ1) is 12.2. The molecule has 0 aliphatic carbocycles. The van der Waals surface area contributed by atoms with Gasteiger partial charge in [-0.3, -0.25) is 10.1 Å². The van der Waals surface area contributed by atoms with Crippen LogP contribution in [-0.4, -0.2) is 39.1 Å². The van der Waals surface area contributed by atoms with Gasteiger partial charge >= 0.3 is 5.69 Å². The summed E-state index contributed by atoms with van der Waals surface area (Å²) < 4.78 is 23.8. The third-order valence-electron chi connectivity index (χ3n) is 1.61. The van der Waals surface area contributed by atoms with Crippen LogP contribution in [0.3, 0.4) is 0 Å². The van der Waals surface area contributed by atoms with Gasteiger partial charge in [0.1, 0.15) is 18.5 Å². The van der Waals surface area contributed by atoms with Crippen molar-refractivity contribution in [2.75, 3.05) is 11.9 Å². The average molecular weight is 234 g/mol. The van der Waals surface area contributed by atoms with E-state index < -0.39 is 24.0 Å². The smallest absolute Gasteiger partial charge is 0.305 e. The van der Waals surface area contributed by atoms with E-state index in [2.05, 4.69) is 15.3 Å². The van der Waals surface area contributed by atoms with E-state index in [0.717, 1.165) is 12.4 Å². The Hall–Kier alpha value is -1.90. The maximum Gasteiger partial charge on any atom is 0.305 e. The van der Waals surface area contributed by atoms with Crippen LogP contribution in [0, 0.1) is 10.1 Å². The van der Waals surface area contributed by atoms with Crippen LogP contribution in [0.2, 0.25) is 0 Å². The van der Waals surface area contributed by atoms with Gasteiger partial charge in [-0.25, -0.2) is 18.7 Å². The number of alkyl halides is 2. The molecule has 0 radical (unpaired) electrons. The zero-order chi connectivity index (χ0) is 12.1. The number of rotatable bonds is 5. The number of anilines is 1. The Labute approximate surface area is 88.3 Å². The molecule has 1 heterocycles. The van der Waals surface area contributed by atoms with E-state index in [1.807, 2.05) is 0 Å². The van der Waals surface area contributed by atoms with Crippen molar-refractivity contribution in [3.8, 4) is 0 Å². The molecule has 1 aromatic rings. The Morgan fingerprint density at radius 2 is 2.06 bits per heavy atom. The van der Waals surface area contributed by atoms with Crippen molar-refractivity contribution in [1.82, 2.24) is 9.97 Å². The van der Waals surface area contributed by atoms with Crippen molar-refractivity contribution >= 4 is 11.6 Å². The van der Waals surface area contributed by atoms with E-state index in [1.165, 1.54) is 0 Å². The van der Waals surface area contributed by atoms with Crippen molar-refractivity contribution in [3.05, 3.63) is 22.5 Å². The number of nitrogens with zero attached hydrogens (tertiary/aromatic N) is 3. The lowest BCUT2D eigenvalue weighted by atomic mass is 10.4. The molecule has 0 aromatic carbocycles. The summed E-state index contributed by atoms with van der Waals surface area (Å²) in [7, 11) is 0. The number of hydrogen-bond acceptors (Lipinski definition) is 6. The highest BCUT2D eigenvalue weighted by molar-refractivity contribution is 5.30. The van der Waals surface area contributed by atoms with Crippen LogP contribution in [0.15, 0.2) is 12.4 Å². The highest BCUT2D eigenvalue weighted by atomic mass is 19.3. The zero-order valence-corrected chi connectivity index (χ0v) is 7.88. The minimum atomic E-state index is -2.87. The third-order valence-corrected chi connectivity index (χ3v) is 1.61. The first-order chi connectivity index (χ1) is 7.50. The fourth-order valence-electron chi connectivity index (χ4n) is 0.792. The molecule has 16 heavy (non-hydrogen) atoms. The maximum atomic E-state index is 11.9. The first-order valence-corrected chi connectivity index (χ1v) is 4.17. The predicted octanol–water partition coefficient (Wildman–Crippen LogP) is 0.423. The molecule has 0 aliphatic heterocycles. The molecule has 88 valence electrons.